The van der Waals surface area contributed by atoms with Gasteiger partial charge in [0, 0.05) is 19.6 Å². The maximum atomic E-state index is 11.9. The Kier molecular flexibility index (Phi) is 7.10. The number of methoxy groups -OCH3 is 2. The number of likely N-dealkylation sites (tertiary alicyclic amines) is 1. The van der Waals surface area contributed by atoms with Crippen molar-refractivity contribution in [2.24, 2.45) is 10.9 Å². The van der Waals surface area contributed by atoms with Gasteiger partial charge in [0.1, 0.15) is 11.3 Å². The third-order valence-corrected chi connectivity index (χ3v) is 4.50. The summed E-state index contributed by atoms with van der Waals surface area (Å²) in [7, 11) is 2.91. The lowest BCUT2D eigenvalue weighted by molar-refractivity contribution is 0.0597. The second kappa shape index (κ2) is 9.30. The molecule has 1 fully saturated rings. The van der Waals surface area contributed by atoms with Gasteiger partial charge in [-0.1, -0.05) is 13.0 Å². The SMILES string of the molecule is CCNC(=NCc1ccc(OC)c(C(=O)OC)c1)N1CCC(C)CC1. The first-order chi connectivity index (χ1) is 12.1. The fourth-order valence-corrected chi connectivity index (χ4v) is 2.94. The Balaban J connectivity index is 2.15. The highest BCUT2D eigenvalue weighted by Crippen LogP contribution is 2.21. The molecule has 1 N–H and O–H groups in total. The number of hydrogen-bond acceptors (Lipinski definition) is 4. The van der Waals surface area contributed by atoms with Crippen LogP contribution >= 0.6 is 0 Å². The molecule has 1 aliphatic heterocycles. The molecule has 1 aliphatic rings. The molecule has 0 amide bonds. The third kappa shape index (κ3) is 5.11. The van der Waals surface area contributed by atoms with E-state index in [4.69, 9.17) is 14.5 Å². The van der Waals surface area contributed by atoms with Crippen molar-refractivity contribution in [3.05, 3.63) is 29.3 Å². The molecule has 0 unspecified atom stereocenters. The van der Waals surface area contributed by atoms with Crippen LogP contribution in [0.5, 0.6) is 5.75 Å². The Morgan fingerprint density at radius 3 is 2.64 bits per heavy atom. The predicted molar refractivity (Wildman–Crippen MR) is 99.1 cm³/mol. The highest BCUT2D eigenvalue weighted by Gasteiger charge is 2.19. The number of guanidine groups is 1. The van der Waals surface area contributed by atoms with Crippen LogP contribution in [0.4, 0.5) is 0 Å². The van der Waals surface area contributed by atoms with Crippen LogP contribution in [0, 0.1) is 5.92 Å². The van der Waals surface area contributed by atoms with E-state index in [1.54, 1.807) is 19.2 Å². The third-order valence-electron chi connectivity index (χ3n) is 4.50. The lowest BCUT2D eigenvalue weighted by atomic mass is 9.99. The number of carbonyl (C=O) groups excluding carboxylic acids is 1. The van der Waals surface area contributed by atoms with Crippen molar-refractivity contribution in [3.8, 4) is 5.75 Å². The zero-order valence-electron chi connectivity index (χ0n) is 15.7. The molecule has 0 atom stereocenters. The zero-order valence-corrected chi connectivity index (χ0v) is 15.7. The second-order valence-corrected chi connectivity index (χ2v) is 6.37. The number of piperidine rings is 1. The van der Waals surface area contributed by atoms with Crippen LogP contribution in [0.2, 0.25) is 0 Å². The van der Waals surface area contributed by atoms with Crippen LogP contribution in [-0.4, -0.2) is 50.7 Å². The van der Waals surface area contributed by atoms with Gasteiger partial charge in [-0.3, -0.25) is 0 Å². The molecule has 1 heterocycles. The van der Waals surface area contributed by atoms with Crippen LogP contribution in [0.25, 0.3) is 0 Å². The van der Waals surface area contributed by atoms with E-state index in [2.05, 4.69) is 24.1 Å². The van der Waals surface area contributed by atoms with Gasteiger partial charge in [-0.2, -0.15) is 0 Å². The number of carbonyl (C=O) groups is 1. The lowest BCUT2D eigenvalue weighted by Gasteiger charge is -2.33. The van der Waals surface area contributed by atoms with E-state index >= 15 is 0 Å². The largest absolute Gasteiger partial charge is 0.496 e. The molecule has 0 saturated carbocycles. The average Bonchev–Trinajstić information content (AvgIpc) is 2.65. The number of benzene rings is 1. The Labute approximate surface area is 150 Å². The van der Waals surface area contributed by atoms with Crippen LogP contribution in [0.3, 0.4) is 0 Å². The molecular formula is C19H29N3O3. The Bertz CT molecular complexity index is 608. The first kappa shape index (κ1) is 19.1. The van der Waals surface area contributed by atoms with E-state index in [9.17, 15) is 4.79 Å². The maximum absolute atomic E-state index is 11.9. The van der Waals surface area contributed by atoms with Crippen molar-refractivity contribution in [1.29, 1.82) is 0 Å². The van der Waals surface area contributed by atoms with Crippen molar-refractivity contribution in [2.45, 2.75) is 33.2 Å². The topological polar surface area (TPSA) is 63.2 Å². The first-order valence-corrected chi connectivity index (χ1v) is 8.87. The molecule has 0 radical (unpaired) electrons. The minimum Gasteiger partial charge on any atom is -0.496 e. The molecule has 0 aromatic heterocycles. The van der Waals surface area contributed by atoms with Crippen LogP contribution in [0.15, 0.2) is 23.2 Å². The number of nitrogens with zero attached hydrogens (tertiary/aromatic N) is 2. The summed E-state index contributed by atoms with van der Waals surface area (Å²) in [5.74, 6) is 1.82. The first-order valence-electron chi connectivity index (χ1n) is 8.87. The predicted octanol–water partition coefficient (Wildman–Crippen LogP) is 2.68. The van der Waals surface area contributed by atoms with Crippen molar-refractivity contribution in [2.75, 3.05) is 33.9 Å². The number of aliphatic imine (C=N–C) groups is 1. The van der Waals surface area contributed by atoms with E-state index in [1.807, 2.05) is 6.07 Å². The number of esters is 1. The van der Waals surface area contributed by atoms with E-state index in [0.717, 1.165) is 37.1 Å². The molecule has 6 heteroatoms. The van der Waals surface area contributed by atoms with Crippen LogP contribution < -0.4 is 10.1 Å². The second-order valence-electron chi connectivity index (χ2n) is 6.37. The highest BCUT2D eigenvalue weighted by molar-refractivity contribution is 5.92. The smallest absolute Gasteiger partial charge is 0.341 e. The van der Waals surface area contributed by atoms with Gasteiger partial charge in [0.25, 0.3) is 0 Å². The summed E-state index contributed by atoms with van der Waals surface area (Å²) >= 11 is 0. The summed E-state index contributed by atoms with van der Waals surface area (Å²) in [6, 6.07) is 5.50. The number of nitrogens with one attached hydrogen (secondary N) is 1. The fraction of sp³-hybridized carbons (Fsp3) is 0.579. The fourth-order valence-electron chi connectivity index (χ4n) is 2.94. The Morgan fingerprint density at radius 1 is 1.32 bits per heavy atom. The zero-order chi connectivity index (χ0) is 18.2. The minimum atomic E-state index is -0.403. The molecule has 6 nitrogen and oxygen atoms in total. The van der Waals surface area contributed by atoms with E-state index in [0.29, 0.717) is 17.9 Å². The van der Waals surface area contributed by atoms with Crippen molar-refractivity contribution >= 4 is 11.9 Å². The number of hydrogen-bond donors (Lipinski definition) is 1. The van der Waals surface area contributed by atoms with Gasteiger partial charge in [0.05, 0.1) is 20.8 Å². The Morgan fingerprint density at radius 2 is 2.04 bits per heavy atom. The molecule has 0 aliphatic carbocycles. The molecule has 1 aromatic carbocycles. The van der Waals surface area contributed by atoms with Crippen molar-refractivity contribution in [3.63, 3.8) is 0 Å². The summed E-state index contributed by atoms with van der Waals surface area (Å²) in [6.45, 7) is 7.77. The minimum absolute atomic E-state index is 0.403. The van der Waals surface area contributed by atoms with Crippen molar-refractivity contribution in [1.82, 2.24) is 10.2 Å². The van der Waals surface area contributed by atoms with Gasteiger partial charge in [0.15, 0.2) is 5.96 Å². The summed E-state index contributed by atoms with van der Waals surface area (Å²) in [6.07, 6.45) is 2.39. The molecule has 1 aromatic rings. The van der Waals surface area contributed by atoms with Gasteiger partial charge in [-0.05, 0) is 43.4 Å². The standard InChI is InChI=1S/C19H29N3O3/c1-5-20-19(22-10-8-14(2)9-11-22)21-13-15-6-7-17(24-3)16(12-15)18(23)25-4/h6-7,12,14H,5,8-11,13H2,1-4H3,(H,20,21). The number of ether oxygens (including phenoxy) is 2. The van der Waals surface area contributed by atoms with E-state index in [-0.39, 0.29) is 0 Å². The monoisotopic (exact) mass is 347 g/mol. The summed E-state index contributed by atoms with van der Waals surface area (Å²) in [4.78, 5) is 19.0. The van der Waals surface area contributed by atoms with Crippen molar-refractivity contribution < 1.29 is 14.3 Å². The molecule has 0 bridgehead atoms. The van der Waals surface area contributed by atoms with E-state index in [1.165, 1.54) is 20.0 Å². The van der Waals surface area contributed by atoms with E-state index < -0.39 is 5.97 Å². The summed E-state index contributed by atoms with van der Waals surface area (Å²) < 4.78 is 10.1. The normalized spacial score (nSPS) is 15.8. The molecular weight excluding hydrogens is 318 g/mol. The molecule has 1 saturated heterocycles. The molecule has 0 spiro atoms. The van der Waals surface area contributed by atoms with Crippen LogP contribution in [0.1, 0.15) is 42.6 Å². The molecule has 2 rings (SSSR count). The number of rotatable bonds is 5. The molecule has 138 valence electrons. The van der Waals surface area contributed by atoms with Gasteiger partial charge >= 0.3 is 5.97 Å². The quantitative estimate of drug-likeness (QED) is 0.504. The molecule has 25 heavy (non-hydrogen) atoms. The highest BCUT2D eigenvalue weighted by atomic mass is 16.5. The maximum Gasteiger partial charge on any atom is 0.341 e. The van der Waals surface area contributed by atoms with Gasteiger partial charge in [-0.15, -0.1) is 0 Å². The summed E-state index contributed by atoms with van der Waals surface area (Å²) in [5.41, 5.74) is 1.37. The average molecular weight is 347 g/mol. The van der Waals surface area contributed by atoms with Crippen LogP contribution in [-0.2, 0) is 11.3 Å². The lowest BCUT2D eigenvalue weighted by Crippen LogP contribution is -2.45. The van der Waals surface area contributed by atoms with Gasteiger partial charge < -0.3 is 19.7 Å². The summed E-state index contributed by atoms with van der Waals surface area (Å²) in [5, 5.41) is 3.37. The Hall–Kier alpha value is -2.24. The van der Waals surface area contributed by atoms with Gasteiger partial charge in [-0.25, -0.2) is 9.79 Å². The van der Waals surface area contributed by atoms with Gasteiger partial charge in [0.2, 0.25) is 0 Å².